The van der Waals surface area contributed by atoms with Gasteiger partial charge >= 0.3 is 12.2 Å². The molecular weight excluding hydrogens is 1020 g/mol. The number of H-pyrrole nitrogens is 4. The maximum atomic E-state index is 13.3. The minimum absolute atomic E-state index is 0.119. The highest BCUT2D eigenvalue weighted by atomic mass is 79.9. The summed E-state index contributed by atoms with van der Waals surface area (Å²) in [5.41, 5.74) is 4.81. The molecule has 0 aliphatic carbocycles. The average Bonchev–Trinajstić information content (AvgIpc) is 4.04. The van der Waals surface area contributed by atoms with E-state index in [0.717, 1.165) is 63.7 Å². The lowest BCUT2D eigenvalue weighted by Gasteiger charge is -2.23. The van der Waals surface area contributed by atoms with Crippen LogP contribution < -0.4 is 21.3 Å². The van der Waals surface area contributed by atoms with Gasteiger partial charge in [-0.1, -0.05) is 67.2 Å². The normalized spacial score (nSPS) is 12.6. The minimum atomic E-state index is -0.636. The fourth-order valence-electron chi connectivity index (χ4n) is 7.33. The number of aromatic nitrogens is 4. The number of hydrogen-bond acceptors (Lipinski definition) is 6. The molecule has 0 fully saturated rings. The number of carbonyl (C=O) groups excluding carboxylic acids is 4. The van der Waals surface area contributed by atoms with Gasteiger partial charge in [-0.05, 0) is 102 Å². The van der Waals surface area contributed by atoms with Crippen LogP contribution in [-0.4, -0.2) is 68.2 Å². The molecule has 18 heteroatoms. The Morgan fingerprint density at radius 3 is 1.47 bits per heavy atom. The third-order valence-electron chi connectivity index (χ3n) is 10.2. The lowest BCUT2D eigenvalue weighted by Crippen LogP contribution is -2.40. The Morgan fingerprint density at radius 2 is 0.939 bits per heavy atom. The predicted molar refractivity (Wildman–Crippen MR) is 268 cm³/mol. The highest BCUT2D eigenvalue weighted by molar-refractivity contribution is 9.10. The predicted octanol–water partition coefficient (Wildman–Crippen LogP) is 12.1. The van der Waals surface area contributed by atoms with Crippen LogP contribution in [0.1, 0.15) is 85.5 Å². The molecule has 2 unspecified atom stereocenters. The third kappa shape index (κ3) is 11.9. The van der Waals surface area contributed by atoms with E-state index in [0.29, 0.717) is 21.2 Å². The highest BCUT2D eigenvalue weighted by Crippen LogP contribution is 2.31. The Balaban J connectivity index is 0.000000196. The van der Waals surface area contributed by atoms with Gasteiger partial charge in [0.2, 0.25) is 0 Å². The molecule has 4 amide bonds. The third-order valence-corrected chi connectivity index (χ3v) is 11.6. The second-order valence-electron chi connectivity index (χ2n) is 17.5. The molecule has 14 nitrogen and oxygen atoms in total. The summed E-state index contributed by atoms with van der Waals surface area (Å²) >= 11 is 19.2. The van der Waals surface area contributed by atoms with Crippen molar-refractivity contribution in [2.24, 2.45) is 0 Å². The molecule has 4 aromatic heterocycles. The van der Waals surface area contributed by atoms with Crippen LogP contribution >= 0.6 is 55.1 Å². The second kappa shape index (κ2) is 19.9. The molecule has 2 atom stereocenters. The summed E-state index contributed by atoms with van der Waals surface area (Å²) in [6.45, 7) is 11.1. The van der Waals surface area contributed by atoms with Crippen molar-refractivity contribution < 1.29 is 28.7 Å². The quantitative estimate of drug-likeness (QED) is 0.0670. The number of carbonyl (C=O) groups is 4. The molecule has 0 aliphatic heterocycles. The summed E-state index contributed by atoms with van der Waals surface area (Å²) in [6, 6.07) is 21.3. The van der Waals surface area contributed by atoms with E-state index in [1.807, 2.05) is 54.7 Å². The van der Waals surface area contributed by atoms with Gasteiger partial charge in [-0.25, -0.2) is 9.59 Å². The Labute approximate surface area is 406 Å². The van der Waals surface area contributed by atoms with E-state index in [9.17, 15) is 19.2 Å². The highest BCUT2D eigenvalue weighted by Gasteiger charge is 2.26. The van der Waals surface area contributed by atoms with Gasteiger partial charge in [0.1, 0.15) is 11.2 Å². The van der Waals surface area contributed by atoms with Crippen molar-refractivity contribution in [3.63, 3.8) is 0 Å². The Hall–Kier alpha value is -5.94. The van der Waals surface area contributed by atoms with Crippen molar-refractivity contribution in [1.29, 1.82) is 0 Å². The number of rotatable bonds is 10. The van der Waals surface area contributed by atoms with Gasteiger partial charge < -0.3 is 50.7 Å². The number of alkyl carbamates (subject to hydrolysis) is 2. The first-order valence-corrected chi connectivity index (χ1v) is 23.2. The van der Waals surface area contributed by atoms with E-state index in [-0.39, 0.29) is 24.9 Å². The molecule has 0 aliphatic rings. The van der Waals surface area contributed by atoms with Gasteiger partial charge in [0.25, 0.3) is 11.8 Å². The second-order valence-corrected chi connectivity index (χ2v) is 20.2. The lowest BCUT2D eigenvalue weighted by molar-refractivity contribution is 0.0510. The zero-order valence-corrected chi connectivity index (χ0v) is 41.5. The zero-order valence-electron chi connectivity index (χ0n) is 36.8. The van der Waals surface area contributed by atoms with Crippen LogP contribution in [0.15, 0.2) is 107 Å². The van der Waals surface area contributed by atoms with Gasteiger partial charge in [0.05, 0.1) is 23.2 Å². The van der Waals surface area contributed by atoms with Gasteiger partial charge in [0.15, 0.2) is 0 Å². The fraction of sp³-hybridized carbons (Fsp3) is 0.250. The number of hydrogen-bond donors (Lipinski definition) is 8. The van der Waals surface area contributed by atoms with Gasteiger partial charge in [-0.3, -0.25) is 9.59 Å². The first-order chi connectivity index (χ1) is 31.2. The van der Waals surface area contributed by atoms with Gasteiger partial charge in [0, 0.05) is 112 Å². The molecule has 0 radical (unpaired) electrons. The van der Waals surface area contributed by atoms with Crippen LogP contribution in [0.3, 0.4) is 0 Å². The van der Waals surface area contributed by atoms with E-state index in [1.165, 1.54) is 0 Å². The first kappa shape index (κ1) is 48.0. The van der Waals surface area contributed by atoms with E-state index >= 15 is 0 Å². The van der Waals surface area contributed by atoms with E-state index in [4.69, 9.17) is 32.7 Å². The SMILES string of the molecule is CC(C)(C)OC(=O)NCC(NC(=O)c1c[nH]c2cc(Br)ccc12)c1c[nH]c2ccc(Br)cc12.CC(C)(C)OC(=O)NCC(NC(=O)c1c[nH]c2cc(Cl)ccc12)c1c[nH]c2ccc(Cl)cc12. The number of ether oxygens (including phenoxy) is 2. The smallest absolute Gasteiger partial charge is 0.407 e. The number of amides is 4. The molecule has 0 saturated heterocycles. The molecule has 0 saturated carbocycles. The summed E-state index contributed by atoms with van der Waals surface area (Å²) in [7, 11) is 0. The standard InChI is InChI=1S/C24H24Br2N4O3.C24H24Cl2N4O3/c2*1-24(2,3)33-23(32)29-12-21(17-10-27-19-7-5-13(25)8-16(17)19)30-22(31)18-11-28-20-9-14(26)4-6-15(18)20/h2*4-11,21,27-28H,12H2,1-3H3,(H,29,32)(H,30,31). The molecule has 344 valence electrons. The average molecular weight is 1060 g/mol. The molecular formula is C48H48Br2Cl2N8O6. The van der Waals surface area contributed by atoms with E-state index in [1.54, 1.807) is 84.4 Å². The van der Waals surface area contributed by atoms with Crippen LogP contribution in [0.5, 0.6) is 0 Å². The molecule has 8 rings (SSSR count). The van der Waals surface area contributed by atoms with Gasteiger partial charge in [-0.15, -0.1) is 0 Å². The first-order valence-electron chi connectivity index (χ1n) is 20.8. The molecule has 8 aromatic rings. The summed E-state index contributed by atoms with van der Waals surface area (Å²) in [4.78, 5) is 63.7. The molecule has 4 aromatic carbocycles. The summed E-state index contributed by atoms with van der Waals surface area (Å²) in [5, 5.41) is 16.2. The topological polar surface area (TPSA) is 198 Å². The van der Waals surface area contributed by atoms with Crippen LogP contribution in [0, 0.1) is 0 Å². The van der Waals surface area contributed by atoms with E-state index in [2.05, 4.69) is 73.1 Å². The number of benzene rings is 4. The molecule has 0 spiro atoms. The van der Waals surface area contributed by atoms with E-state index < -0.39 is 35.5 Å². The zero-order chi connectivity index (χ0) is 47.5. The number of aromatic amines is 4. The van der Waals surface area contributed by atoms with Crippen molar-refractivity contribution in [2.45, 2.75) is 64.8 Å². The van der Waals surface area contributed by atoms with Crippen LogP contribution in [0.25, 0.3) is 43.6 Å². The Kier molecular flexibility index (Phi) is 14.5. The number of fused-ring (bicyclic) bond motifs is 4. The monoisotopic (exact) mass is 1060 g/mol. The minimum Gasteiger partial charge on any atom is -0.444 e. The number of nitrogens with one attached hydrogen (secondary N) is 8. The van der Waals surface area contributed by atoms with Crippen molar-refractivity contribution >= 4 is 123 Å². The summed E-state index contributed by atoms with van der Waals surface area (Å²) < 4.78 is 12.6. The van der Waals surface area contributed by atoms with Gasteiger partial charge in [-0.2, -0.15) is 0 Å². The van der Waals surface area contributed by atoms with Crippen molar-refractivity contribution in [2.75, 3.05) is 13.1 Å². The van der Waals surface area contributed by atoms with Crippen molar-refractivity contribution in [3.05, 3.63) is 139 Å². The molecule has 8 N–H and O–H groups in total. The molecule has 4 heterocycles. The Morgan fingerprint density at radius 1 is 0.530 bits per heavy atom. The molecule has 66 heavy (non-hydrogen) atoms. The largest absolute Gasteiger partial charge is 0.444 e. The summed E-state index contributed by atoms with van der Waals surface area (Å²) in [5.74, 6) is -0.542. The maximum absolute atomic E-state index is 13.3. The fourth-order valence-corrected chi connectivity index (χ4v) is 8.39. The van der Waals surface area contributed by atoms with Crippen LogP contribution in [0.2, 0.25) is 10.0 Å². The maximum Gasteiger partial charge on any atom is 0.407 e. The summed E-state index contributed by atoms with van der Waals surface area (Å²) in [6.07, 6.45) is 5.88. The lowest BCUT2D eigenvalue weighted by atomic mass is 10.0. The number of halogens is 4. The molecule has 0 bridgehead atoms. The van der Waals surface area contributed by atoms with Crippen LogP contribution in [0.4, 0.5) is 9.59 Å². The Bertz CT molecular complexity index is 2880. The van der Waals surface area contributed by atoms with Crippen molar-refractivity contribution in [1.82, 2.24) is 41.2 Å². The van der Waals surface area contributed by atoms with Crippen LogP contribution in [-0.2, 0) is 9.47 Å². The van der Waals surface area contributed by atoms with Crippen molar-refractivity contribution in [3.8, 4) is 0 Å².